The monoisotopic (exact) mass is 298 g/mol. The highest BCUT2D eigenvalue weighted by atomic mass is 32.2. The summed E-state index contributed by atoms with van der Waals surface area (Å²) in [6.07, 6.45) is 3.09. The van der Waals surface area contributed by atoms with Gasteiger partial charge < -0.3 is 9.73 Å². The quantitative estimate of drug-likeness (QED) is 0.806. The molecule has 2 heterocycles. The SMILES string of the molecule is CCNCc1ccc(S(=O)(=O)Nc2cnn(CC)c2)o1. The summed E-state index contributed by atoms with van der Waals surface area (Å²) >= 11 is 0. The van der Waals surface area contributed by atoms with Gasteiger partial charge in [0.25, 0.3) is 10.0 Å². The molecule has 2 aromatic rings. The van der Waals surface area contributed by atoms with Crippen LogP contribution in [0.3, 0.4) is 0 Å². The van der Waals surface area contributed by atoms with Gasteiger partial charge in [0.15, 0.2) is 0 Å². The van der Waals surface area contributed by atoms with Gasteiger partial charge in [-0.1, -0.05) is 6.92 Å². The van der Waals surface area contributed by atoms with Gasteiger partial charge in [-0.15, -0.1) is 0 Å². The zero-order chi connectivity index (χ0) is 14.6. The molecule has 8 heteroatoms. The number of nitrogens with zero attached hydrogens (tertiary/aromatic N) is 2. The molecule has 110 valence electrons. The van der Waals surface area contributed by atoms with E-state index in [0.717, 1.165) is 6.54 Å². The van der Waals surface area contributed by atoms with E-state index in [1.807, 2.05) is 13.8 Å². The van der Waals surface area contributed by atoms with E-state index in [2.05, 4.69) is 15.1 Å². The van der Waals surface area contributed by atoms with Crippen LogP contribution < -0.4 is 10.0 Å². The number of hydrogen-bond donors (Lipinski definition) is 2. The van der Waals surface area contributed by atoms with Crippen molar-refractivity contribution in [1.29, 1.82) is 0 Å². The van der Waals surface area contributed by atoms with Crippen molar-refractivity contribution in [2.24, 2.45) is 0 Å². The average Bonchev–Trinajstić information content (AvgIpc) is 3.04. The minimum Gasteiger partial charge on any atom is -0.446 e. The molecule has 0 aliphatic heterocycles. The summed E-state index contributed by atoms with van der Waals surface area (Å²) in [5, 5.41) is 6.97. The molecular formula is C12H18N4O3S. The van der Waals surface area contributed by atoms with Gasteiger partial charge in [0.05, 0.1) is 18.4 Å². The normalized spacial score (nSPS) is 11.7. The van der Waals surface area contributed by atoms with Crippen LogP contribution in [0.5, 0.6) is 0 Å². The van der Waals surface area contributed by atoms with Gasteiger partial charge in [0.1, 0.15) is 5.76 Å². The number of anilines is 1. The second-order valence-corrected chi connectivity index (χ2v) is 5.80. The first-order chi connectivity index (χ1) is 9.55. The summed E-state index contributed by atoms with van der Waals surface area (Å²) in [4.78, 5) is 0. The molecule has 20 heavy (non-hydrogen) atoms. The van der Waals surface area contributed by atoms with E-state index in [9.17, 15) is 8.42 Å². The minimum absolute atomic E-state index is 0.102. The standard InChI is InChI=1S/C12H18N4O3S/c1-3-13-8-11-5-6-12(19-11)20(17,18)15-10-7-14-16(4-2)9-10/h5-7,9,13,15H,3-4,8H2,1-2H3. The molecule has 0 aliphatic rings. The van der Waals surface area contributed by atoms with Crippen LogP contribution in [-0.4, -0.2) is 24.7 Å². The Morgan fingerprint density at radius 2 is 2.15 bits per heavy atom. The zero-order valence-electron chi connectivity index (χ0n) is 11.5. The minimum atomic E-state index is -3.71. The molecule has 2 rings (SSSR count). The van der Waals surface area contributed by atoms with Gasteiger partial charge >= 0.3 is 0 Å². The molecule has 0 amide bonds. The molecule has 0 fully saturated rings. The van der Waals surface area contributed by atoms with Crippen molar-refractivity contribution in [1.82, 2.24) is 15.1 Å². The van der Waals surface area contributed by atoms with Gasteiger partial charge in [-0.3, -0.25) is 9.40 Å². The molecule has 0 aliphatic carbocycles. The lowest BCUT2D eigenvalue weighted by molar-refractivity contribution is 0.405. The molecular weight excluding hydrogens is 280 g/mol. The summed E-state index contributed by atoms with van der Waals surface area (Å²) in [6.45, 7) is 5.85. The van der Waals surface area contributed by atoms with Crippen LogP contribution in [0.15, 0.2) is 34.0 Å². The number of hydrogen-bond acceptors (Lipinski definition) is 5. The lowest BCUT2D eigenvalue weighted by atomic mass is 10.4. The topological polar surface area (TPSA) is 89.2 Å². The first kappa shape index (κ1) is 14.6. The number of aromatic nitrogens is 2. The van der Waals surface area contributed by atoms with Crippen molar-refractivity contribution in [3.05, 3.63) is 30.3 Å². The molecule has 0 saturated heterocycles. The van der Waals surface area contributed by atoms with Gasteiger partial charge in [0, 0.05) is 12.7 Å². The van der Waals surface area contributed by atoms with E-state index in [0.29, 0.717) is 24.5 Å². The maximum Gasteiger partial charge on any atom is 0.295 e. The highest BCUT2D eigenvalue weighted by Crippen LogP contribution is 2.18. The highest BCUT2D eigenvalue weighted by Gasteiger charge is 2.19. The molecule has 0 unspecified atom stereocenters. The maximum atomic E-state index is 12.1. The van der Waals surface area contributed by atoms with Crippen LogP contribution in [0.25, 0.3) is 0 Å². The fourth-order valence-electron chi connectivity index (χ4n) is 1.64. The average molecular weight is 298 g/mol. The Morgan fingerprint density at radius 3 is 2.80 bits per heavy atom. The predicted octanol–water partition coefficient (Wildman–Crippen LogP) is 1.41. The number of nitrogens with one attached hydrogen (secondary N) is 2. The third-order valence-corrected chi connectivity index (χ3v) is 3.91. The smallest absolute Gasteiger partial charge is 0.295 e. The largest absolute Gasteiger partial charge is 0.446 e. The van der Waals surface area contributed by atoms with Crippen molar-refractivity contribution < 1.29 is 12.8 Å². The Balaban J connectivity index is 2.11. The molecule has 2 aromatic heterocycles. The van der Waals surface area contributed by atoms with Crippen molar-refractivity contribution in [2.75, 3.05) is 11.3 Å². The lowest BCUT2D eigenvalue weighted by Crippen LogP contribution is -2.12. The van der Waals surface area contributed by atoms with Gasteiger partial charge in [-0.2, -0.15) is 13.5 Å². The first-order valence-corrected chi connectivity index (χ1v) is 7.88. The van der Waals surface area contributed by atoms with Crippen LogP contribution in [0.1, 0.15) is 19.6 Å². The number of rotatable bonds is 7. The maximum absolute atomic E-state index is 12.1. The third kappa shape index (κ3) is 3.40. The number of aryl methyl sites for hydroxylation is 1. The molecule has 0 bridgehead atoms. The van der Waals surface area contributed by atoms with Crippen LogP contribution >= 0.6 is 0 Å². The van der Waals surface area contributed by atoms with E-state index in [1.165, 1.54) is 12.3 Å². The summed E-state index contributed by atoms with van der Waals surface area (Å²) in [5.41, 5.74) is 0.413. The summed E-state index contributed by atoms with van der Waals surface area (Å²) in [6, 6.07) is 3.09. The second kappa shape index (κ2) is 6.10. The van der Waals surface area contributed by atoms with Crippen molar-refractivity contribution >= 4 is 15.7 Å². The van der Waals surface area contributed by atoms with E-state index < -0.39 is 10.0 Å². The Labute approximate surface area is 118 Å². The molecule has 0 atom stereocenters. The van der Waals surface area contributed by atoms with Crippen molar-refractivity contribution in [2.45, 2.75) is 32.0 Å². The Morgan fingerprint density at radius 1 is 1.35 bits per heavy atom. The van der Waals surface area contributed by atoms with Gasteiger partial charge in [-0.25, -0.2) is 0 Å². The molecule has 0 saturated carbocycles. The summed E-state index contributed by atoms with van der Waals surface area (Å²) in [7, 11) is -3.71. The Kier molecular flexibility index (Phi) is 4.46. The van der Waals surface area contributed by atoms with Crippen LogP contribution in [0.4, 0.5) is 5.69 Å². The summed E-state index contributed by atoms with van der Waals surface area (Å²) in [5.74, 6) is 0.580. The molecule has 0 aromatic carbocycles. The van der Waals surface area contributed by atoms with E-state index in [-0.39, 0.29) is 5.09 Å². The molecule has 2 N–H and O–H groups in total. The number of furan rings is 1. The lowest BCUT2D eigenvalue weighted by Gasteiger charge is -2.02. The fraction of sp³-hybridized carbons (Fsp3) is 0.417. The fourth-order valence-corrected chi connectivity index (χ4v) is 2.62. The van der Waals surface area contributed by atoms with Crippen LogP contribution in [0.2, 0.25) is 0 Å². The molecule has 0 radical (unpaired) electrons. The van der Waals surface area contributed by atoms with Crippen LogP contribution in [-0.2, 0) is 23.1 Å². The van der Waals surface area contributed by atoms with Gasteiger partial charge in [-0.05, 0) is 25.6 Å². The molecule has 7 nitrogen and oxygen atoms in total. The number of sulfonamides is 1. The van der Waals surface area contributed by atoms with Gasteiger partial charge in [0.2, 0.25) is 5.09 Å². The second-order valence-electron chi connectivity index (χ2n) is 4.19. The third-order valence-electron chi connectivity index (χ3n) is 2.66. The van der Waals surface area contributed by atoms with E-state index in [1.54, 1.807) is 16.9 Å². The summed E-state index contributed by atoms with van der Waals surface area (Å²) < 4.78 is 33.6. The predicted molar refractivity (Wildman–Crippen MR) is 74.8 cm³/mol. The van der Waals surface area contributed by atoms with E-state index in [4.69, 9.17) is 4.42 Å². The zero-order valence-corrected chi connectivity index (χ0v) is 12.3. The Bertz CT molecular complexity index is 660. The highest BCUT2D eigenvalue weighted by molar-refractivity contribution is 7.92. The molecule has 0 spiro atoms. The van der Waals surface area contributed by atoms with Crippen molar-refractivity contribution in [3.8, 4) is 0 Å². The van der Waals surface area contributed by atoms with Crippen molar-refractivity contribution in [3.63, 3.8) is 0 Å². The van der Waals surface area contributed by atoms with E-state index >= 15 is 0 Å². The van der Waals surface area contributed by atoms with Crippen LogP contribution in [0, 0.1) is 0 Å². The first-order valence-electron chi connectivity index (χ1n) is 6.40. The Hall–Kier alpha value is -1.80.